The molecule has 0 heterocycles. The molecule has 5 unspecified atom stereocenters. The standard InChI is InChI=1S/C12H22/c1-8-4-11-6-9(2)10(3)12(5-8)7-11/h8-12H,4-7H2,1-3H3. The minimum atomic E-state index is 1.00. The van der Waals surface area contributed by atoms with E-state index in [1.165, 1.54) is 19.3 Å². The van der Waals surface area contributed by atoms with Crippen molar-refractivity contribution < 1.29 is 0 Å². The van der Waals surface area contributed by atoms with Crippen molar-refractivity contribution in [1.29, 1.82) is 0 Å². The van der Waals surface area contributed by atoms with Crippen LogP contribution in [0.2, 0.25) is 0 Å². The summed E-state index contributed by atoms with van der Waals surface area (Å²) < 4.78 is 0. The van der Waals surface area contributed by atoms with E-state index in [-0.39, 0.29) is 0 Å². The van der Waals surface area contributed by atoms with Gasteiger partial charge in [0, 0.05) is 0 Å². The molecule has 5 atom stereocenters. The molecule has 2 bridgehead atoms. The zero-order valence-electron chi connectivity index (χ0n) is 8.72. The van der Waals surface area contributed by atoms with Crippen molar-refractivity contribution >= 4 is 0 Å². The minimum Gasteiger partial charge on any atom is -0.0625 e. The Morgan fingerprint density at radius 2 is 1.58 bits per heavy atom. The fourth-order valence-corrected chi connectivity index (χ4v) is 3.63. The van der Waals surface area contributed by atoms with E-state index in [2.05, 4.69) is 20.8 Å². The maximum Gasteiger partial charge on any atom is -0.0381 e. The Kier molecular flexibility index (Phi) is 2.18. The first-order valence-electron chi connectivity index (χ1n) is 5.66. The van der Waals surface area contributed by atoms with Crippen LogP contribution >= 0.6 is 0 Å². The van der Waals surface area contributed by atoms with Crippen LogP contribution in [0.25, 0.3) is 0 Å². The van der Waals surface area contributed by atoms with Gasteiger partial charge < -0.3 is 0 Å². The van der Waals surface area contributed by atoms with Gasteiger partial charge in [-0.3, -0.25) is 0 Å². The number of hydrogen-bond donors (Lipinski definition) is 0. The monoisotopic (exact) mass is 166 g/mol. The minimum absolute atomic E-state index is 1.00. The van der Waals surface area contributed by atoms with Crippen molar-refractivity contribution in [1.82, 2.24) is 0 Å². The van der Waals surface area contributed by atoms with E-state index in [9.17, 15) is 0 Å². The lowest BCUT2D eigenvalue weighted by Crippen LogP contribution is -2.35. The van der Waals surface area contributed by atoms with Crippen LogP contribution in [0.1, 0.15) is 46.5 Å². The van der Waals surface area contributed by atoms with Gasteiger partial charge in [-0.2, -0.15) is 0 Å². The molecule has 0 aromatic carbocycles. The third-order valence-electron chi connectivity index (χ3n) is 4.42. The zero-order valence-corrected chi connectivity index (χ0v) is 8.72. The second-order valence-corrected chi connectivity index (χ2v) is 5.51. The molecule has 12 heavy (non-hydrogen) atoms. The van der Waals surface area contributed by atoms with Gasteiger partial charge in [0.25, 0.3) is 0 Å². The van der Waals surface area contributed by atoms with Gasteiger partial charge in [0.05, 0.1) is 0 Å². The summed E-state index contributed by atoms with van der Waals surface area (Å²) in [6.07, 6.45) is 6.10. The normalized spacial score (nSPS) is 53.8. The lowest BCUT2D eigenvalue weighted by Gasteiger charge is -2.45. The molecular formula is C12H22. The topological polar surface area (TPSA) is 0 Å². The molecule has 2 fully saturated rings. The first-order valence-corrected chi connectivity index (χ1v) is 5.66. The summed E-state index contributed by atoms with van der Waals surface area (Å²) in [4.78, 5) is 0. The van der Waals surface area contributed by atoms with Crippen LogP contribution in [-0.4, -0.2) is 0 Å². The maximum absolute atomic E-state index is 2.48. The van der Waals surface area contributed by atoms with Crippen LogP contribution < -0.4 is 0 Å². The molecular weight excluding hydrogens is 144 g/mol. The van der Waals surface area contributed by atoms with Gasteiger partial charge in [-0.05, 0) is 55.3 Å². The summed E-state index contributed by atoms with van der Waals surface area (Å²) in [5.74, 6) is 5.18. The lowest BCUT2D eigenvalue weighted by molar-refractivity contribution is 0.0566. The van der Waals surface area contributed by atoms with Crippen LogP contribution in [0.3, 0.4) is 0 Å². The molecule has 2 saturated carbocycles. The first-order chi connectivity index (χ1) is 5.66. The van der Waals surface area contributed by atoms with Crippen LogP contribution in [0.5, 0.6) is 0 Å². The summed E-state index contributed by atoms with van der Waals surface area (Å²) in [7, 11) is 0. The van der Waals surface area contributed by atoms with Gasteiger partial charge in [-0.1, -0.05) is 20.8 Å². The van der Waals surface area contributed by atoms with Crippen LogP contribution in [0.4, 0.5) is 0 Å². The Balaban J connectivity index is 2.07. The van der Waals surface area contributed by atoms with Crippen molar-refractivity contribution in [2.45, 2.75) is 46.5 Å². The van der Waals surface area contributed by atoms with Crippen molar-refractivity contribution in [2.24, 2.45) is 29.6 Å². The maximum atomic E-state index is 2.48. The molecule has 0 saturated heterocycles. The van der Waals surface area contributed by atoms with Crippen molar-refractivity contribution in [3.05, 3.63) is 0 Å². The molecule has 0 amide bonds. The van der Waals surface area contributed by atoms with E-state index < -0.39 is 0 Å². The molecule has 0 aromatic heterocycles. The smallest absolute Gasteiger partial charge is 0.0381 e. The Bertz CT molecular complexity index is 157. The predicted molar refractivity (Wildman–Crippen MR) is 52.9 cm³/mol. The Labute approximate surface area is 76.7 Å². The fraction of sp³-hybridized carbons (Fsp3) is 1.00. The molecule has 0 spiro atoms. The Morgan fingerprint density at radius 1 is 0.833 bits per heavy atom. The van der Waals surface area contributed by atoms with Gasteiger partial charge in [-0.25, -0.2) is 0 Å². The quantitative estimate of drug-likeness (QED) is 0.514. The molecule has 0 nitrogen and oxygen atoms in total. The second-order valence-electron chi connectivity index (χ2n) is 5.51. The summed E-state index contributed by atoms with van der Waals surface area (Å²) in [5, 5.41) is 0. The summed E-state index contributed by atoms with van der Waals surface area (Å²) >= 11 is 0. The second kappa shape index (κ2) is 3.05. The van der Waals surface area contributed by atoms with Gasteiger partial charge in [0.1, 0.15) is 0 Å². The van der Waals surface area contributed by atoms with E-state index in [0.29, 0.717) is 0 Å². The predicted octanol–water partition coefficient (Wildman–Crippen LogP) is 3.71. The highest BCUT2D eigenvalue weighted by Crippen LogP contribution is 2.47. The van der Waals surface area contributed by atoms with Crippen molar-refractivity contribution in [2.75, 3.05) is 0 Å². The molecule has 2 aliphatic carbocycles. The van der Waals surface area contributed by atoms with Crippen molar-refractivity contribution in [3.63, 3.8) is 0 Å². The number of fused-ring (bicyclic) bond motifs is 2. The largest absolute Gasteiger partial charge is 0.0625 e. The molecule has 2 rings (SSSR count). The van der Waals surface area contributed by atoms with Crippen LogP contribution in [-0.2, 0) is 0 Å². The highest BCUT2D eigenvalue weighted by molar-refractivity contribution is 4.87. The average molecular weight is 166 g/mol. The Hall–Kier alpha value is 0. The van der Waals surface area contributed by atoms with Crippen molar-refractivity contribution in [3.8, 4) is 0 Å². The highest BCUT2D eigenvalue weighted by Gasteiger charge is 2.37. The van der Waals surface area contributed by atoms with Crippen LogP contribution in [0.15, 0.2) is 0 Å². The molecule has 70 valence electrons. The summed E-state index contributed by atoms with van der Waals surface area (Å²) in [6, 6.07) is 0. The summed E-state index contributed by atoms with van der Waals surface area (Å²) in [5.41, 5.74) is 0. The molecule has 0 aliphatic heterocycles. The molecule has 0 heteroatoms. The number of rotatable bonds is 0. The van der Waals surface area contributed by atoms with Gasteiger partial charge in [0.2, 0.25) is 0 Å². The highest BCUT2D eigenvalue weighted by atomic mass is 14.4. The van der Waals surface area contributed by atoms with E-state index in [0.717, 1.165) is 29.6 Å². The SMILES string of the molecule is CC1CC2CC(C)C(C)C(C1)C2. The van der Waals surface area contributed by atoms with Gasteiger partial charge in [0.15, 0.2) is 0 Å². The van der Waals surface area contributed by atoms with Gasteiger partial charge >= 0.3 is 0 Å². The van der Waals surface area contributed by atoms with Crippen LogP contribution in [0, 0.1) is 29.6 Å². The van der Waals surface area contributed by atoms with E-state index in [4.69, 9.17) is 0 Å². The fourth-order valence-electron chi connectivity index (χ4n) is 3.63. The lowest BCUT2D eigenvalue weighted by atomic mass is 9.61. The van der Waals surface area contributed by atoms with E-state index in [1.54, 1.807) is 6.42 Å². The van der Waals surface area contributed by atoms with E-state index in [1.807, 2.05) is 0 Å². The zero-order chi connectivity index (χ0) is 8.72. The van der Waals surface area contributed by atoms with E-state index >= 15 is 0 Å². The molecule has 0 aromatic rings. The number of hydrogen-bond acceptors (Lipinski definition) is 0. The van der Waals surface area contributed by atoms with Gasteiger partial charge in [-0.15, -0.1) is 0 Å². The third kappa shape index (κ3) is 1.41. The molecule has 2 aliphatic rings. The molecule has 0 N–H and O–H groups in total. The first kappa shape index (κ1) is 8.59. The molecule has 0 radical (unpaired) electrons. The third-order valence-corrected chi connectivity index (χ3v) is 4.42. The average Bonchev–Trinajstić information content (AvgIpc) is 1.99. The Morgan fingerprint density at radius 3 is 2.33 bits per heavy atom. The summed E-state index contributed by atoms with van der Waals surface area (Å²) in [6.45, 7) is 7.38.